The number of hydrogen-bond donors (Lipinski definition) is 0. The van der Waals surface area contributed by atoms with Crippen LogP contribution in [0.2, 0.25) is 0 Å². The Kier molecular flexibility index (Phi) is 6.46. The fourth-order valence-corrected chi connectivity index (χ4v) is 3.21. The minimum Gasteiger partial charge on any atom is -0.449 e. The van der Waals surface area contributed by atoms with Crippen LogP contribution < -0.4 is 5.56 Å². The summed E-state index contributed by atoms with van der Waals surface area (Å²) in [5, 5.41) is 9.13. The Labute approximate surface area is 179 Å². The molecule has 0 aliphatic rings. The van der Waals surface area contributed by atoms with Gasteiger partial charge in [0.15, 0.2) is 6.10 Å². The largest absolute Gasteiger partial charge is 0.449 e. The molecule has 0 radical (unpaired) electrons. The highest BCUT2D eigenvalue weighted by Crippen LogP contribution is 2.14. The molecule has 1 heterocycles. The van der Waals surface area contributed by atoms with E-state index >= 15 is 0 Å². The Morgan fingerprint density at radius 3 is 2.55 bits per heavy atom. The van der Waals surface area contributed by atoms with E-state index in [2.05, 4.69) is 4.98 Å². The van der Waals surface area contributed by atoms with Gasteiger partial charge in [-0.05, 0) is 50.2 Å². The third kappa shape index (κ3) is 4.61. The van der Waals surface area contributed by atoms with Crippen molar-refractivity contribution in [3.05, 3.63) is 70.3 Å². The van der Waals surface area contributed by atoms with Crippen molar-refractivity contribution in [3.63, 3.8) is 0 Å². The summed E-state index contributed by atoms with van der Waals surface area (Å²) >= 11 is 0. The molecule has 0 aliphatic heterocycles. The van der Waals surface area contributed by atoms with Crippen LogP contribution in [0.5, 0.6) is 0 Å². The summed E-state index contributed by atoms with van der Waals surface area (Å²) in [6.07, 6.45) is -0.780. The molecule has 0 bridgehead atoms. The zero-order valence-corrected chi connectivity index (χ0v) is 17.5. The highest BCUT2D eigenvalue weighted by Gasteiger charge is 2.22. The predicted octanol–water partition coefficient (Wildman–Crippen LogP) is 2.61. The highest BCUT2D eigenvalue weighted by atomic mass is 16.5. The van der Waals surface area contributed by atoms with Gasteiger partial charge in [-0.1, -0.05) is 12.1 Å². The smallest absolute Gasteiger partial charge is 0.338 e. The molecule has 8 nitrogen and oxygen atoms in total. The van der Waals surface area contributed by atoms with Crippen molar-refractivity contribution in [2.45, 2.75) is 26.4 Å². The number of esters is 1. The average Bonchev–Trinajstić information content (AvgIpc) is 2.77. The molecule has 3 rings (SSSR count). The summed E-state index contributed by atoms with van der Waals surface area (Å²) in [5.74, 6) is -0.509. The molecular formula is C23H22N4O4. The Hall–Kier alpha value is -3.99. The van der Waals surface area contributed by atoms with Crippen molar-refractivity contribution in [1.82, 2.24) is 14.5 Å². The molecule has 0 fully saturated rings. The van der Waals surface area contributed by atoms with Gasteiger partial charge in [-0.3, -0.25) is 14.2 Å². The molecule has 8 heteroatoms. The van der Waals surface area contributed by atoms with Crippen LogP contribution in [0, 0.1) is 18.3 Å². The zero-order chi connectivity index (χ0) is 22.5. The normalized spacial score (nSPS) is 11.5. The van der Waals surface area contributed by atoms with Gasteiger partial charge in [0.05, 0.1) is 34.6 Å². The van der Waals surface area contributed by atoms with Crippen LogP contribution in [0.15, 0.2) is 53.3 Å². The van der Waals surface area contributed by atoms with Crippen LogP contribution in [-0.2, 0) is 9.53 Å². The summed E-state index contributed by atoms with van der Waals surface area (Å²) < 4.78 is 6.74. The maximum absolute atomic E-state index is 12.9. The Balaban J connectivity index is 1.79. The fraction of sp³-hybridized carbons (Fsp3) is 0.261. The second-order valence-corrected chi connectivity index (χ2v) is 7.08. The van der Waals surface area contributed by atoms with Crippen molar-refractivity contribution in [2.24, 2.45) is 0 Å². The SMILES string of the molecule is Cc1nc2ccccc2c(=O)n1-c1ccc(C(=O)O[C@@H](C)C(=O)N(C)CCC#N)cc1. The quantitative estimate of drug-likeness (QED) is 0.570. The van der Waals surface area contributed by atoms with E-state index in [-0.39, 0.29) is 30.0 Å². The summed E-state index contributed by atoms with van der Waals surface area (Å²) in [6.45, 7) is 3.49. The number of hydrogen-bond acceptors (Lipinski definition) is 6. The lowest BCUT2D eigenvalue weighted by Crippen LogP contribution is -2.37. The van der Waals surface area contributed by atoms with Gasteiger partial charge in [0, 0.05) is 13.6 Å². The van der Waals surface area contributed by atoms with Crippen LogP contribution in [0.4, 0.5) is 0 Å². The average molecular weight is 418 g/mol. The van der Waals surface area contributed by atoms with Crippen LogP contribution in [0.1, 0.15) is 29.5 Å². The second-order valence-electron chi connectivity index (χ2n) is 7.08. The van der Waals surface area contributed by atoms with E-state index in [0.717, 1.165) is 0 Å². The molecule has 0 unspecified atom stereocenters. The van der Waals surface area contributed by atoms with Crippen LogP contribution in [0.3, 0.4) is 0 Å². The third-order valence-corrected chi connectivity index (χ3v) is 4.87. The summed E-state index contributed by atoms with van der Waals surface area (Å²) in [5.41, 5.74) is 1.25. The van der Waals surface area contributed by atoms with Crippen LogP contribution in [-0.4, -0.2) is 46.0 Å². The Bertz CT molecular complexity index is 1230. The number of rotatable bonds is 6. The van der Waals surface area contributed by atoms with Crippen LogP contribution >= 0.6 is 0 Å². The Morgan fingerprint density at radius 1 is 1.19 bits per heavy atom. The monoisotopic (exact) mass is 418 g/mol. The number of fused-ring (bicyclic) bond motifs is 1. The number of carbonyl (C=O) groups is 2. The second kappa shape index (κ2) is 9.22. The summed E-state index contributed by atoms with van der Waals surface area (Å²) in [6, 6.07) is 15.4. The number of ether oxygens (including phenoxy) is 1. The molecule has 1 aromatic heterocycles. The fourth-order valence-electron chi connectivity index (χ4n) is 3.21. The minimum absolute atomic E-state index is 0.196. The molecule has 0 aliphatic carbocycles. The first kappa shape index (κ1) is 21.7. The van der Waals surface area contributed by atoms with E-state index in [1.165, 1.54) is 28.5 Å². The van der Waals surface area contributed by atoms with Crippen molar-refractivity contribution in [3.8, 4) is 11.8 Å². The number of benzene rings is 2. The van der Waals surface area contributed by atoms with Gasteiger partial charge in [-0.2, -0.15) is 5.26 Å². The van der Waals surface area contributed by atoms with E-state index < -0.39 is 12.1 Å². The van der Waals surface area contributed by atoms with E-state index in [4.69, 9.17) is 10.00 Å². The van der Waals surface area contributed by atoms with Gasteiger partial charge in [0.25, 0.3) is 11.5 Å². The van der Waals surface area contributed by atoms with Crippen LogP contribution in [0.25, 0.3) is 16.6 Å². The standard InChI is InChI=1S/C23H22N4O4/c1-15(21(28)26(3)14-6-13-24)31-23(30)17-9-11-18(12-10-17)27-16(2)25-20-8-5-4-7-19(20)22(27)29/h4-5,7-12,15H,6,14H2,1-3H3/t15-/m0/s1. The predicted molar refractivity (Wildman–Crippen MR) is 115 cm³/mol. The lowest BCUT2D eigenvalue weighted by molar-refractivity contribution is -0.138. The molecule has 1 atom stereocenters. The molecule has 0 spiro atoms. The molecule has 3 aromatic rings. The van der Waals surface area contributed by atoms with Crippen molar-refractivity contribution in [1.29, 1.82) is 5.26 Å². The number of para-hydroxylation sites is 1. The Morgan fingerprint density at radius 2 is 1.87 bits per heavy atom. The third-order valence-electron chi connectivity index (χ3n) is 4.87. The number of aryl methyl sites for hydroxylation is 1. The molecule has 0 saturated carbocycles. The van der Waals surface area contributed by atoms with Gasteiger partial charge in [-0.25, -0.2) is 9.78 Å². The number of amides is 1. The van der Waals surface area contributed by atoms with E-state index in [1.54, 1.807) is 44.3 Å². The van der Waals surface area contributed by atoms with Gasteiger partial charge >= 0.3 is 5.97 Å². The molecule has 31 heavy (non-hydrogen) atoms. The van der Waals surface area contributed by atoms with Crippen molar-refractivity contribution < 1.29 is 14.3 Å². The molecule has 0 saturated heterocycles. The number of likely N-dealkylation sites (N-methyl/N-ethyl adjacent to an activating group) is 1. The molecular weight excluding hydrogens is 396 g/mol. The van der Waals surface area contributed by atoms with Crippen molar-refractivity contribution >= 4 is 22.8 Å². The first-order chi connectivity index (χ1) is 14.8. The molecule has 1 amide bonds. The van der Waals surface area contributed by atoms with E-state index in [1.807, 2.05) is 12.1 Å². The molecule has 158 valence electrons. The number of aromatic nitrogens is 2. The van der Waals surface area contributed by atoms with Gasteiger partial charge in [0.2, 0.25) is 0 Å². The molecule has 0 N–H and O–H groups in total. The molecule has 2 aromatic carbocycles. The lowest BCUT2D eigenvalue weighted by atomic mass is 10.2. The van der Waals surface area contributed by atoms with Gasteiger partial charge in [-0.15, -0.1) is 0 Å². The van der Waals surface area contributed by atoms with Crippen molar-refractivity contribution in [2.75, 3.05) is 13.6 Å². The van der Waals surface area contributed by atoms with Gasteiger partial charge in [0.1, 0.15) is 5.82 Å². The summed E-state index contributed by atoms with van der Waals surface area (Å²) in [4.78, 5) is 43.4. The van der Waals surface area contributed by atoms with E-state index in [9.17, 15) is 14.4 Å². The summed E-state index contributed by atoms with van der Waals surface area (Å²) in [7, 11) is 1.55. The maximum atomic E-state index is 12.9. The first-order valence-electron chi connectivity index (χ1n) is 9.75. The minimum atomic E-state index is -0.981. The number of nitrogens with zero attached hydrogens (tertiary/aromatic N) is 4. The highest BCUT2D eigenvalue weighted by molar-refractivity contribution is 5.92. The number of nitriles is 1. The topological polar surface area (TPSA) is 105 Å². The number of carbonyl (C=O) groups excluding carboxylic acids is 2. The zero-order valence-electron chi connectivity index (χ0n) is 17.5. The van der Waals surface area contributed by atoms with Gasteiger partial charge < -0.3 is 9.64 Å². The maximum Gasteiger partial charge on any atom is 0.338 e. The lowest BCUT2D eigenvalue weighted by Gasteiger charge is -2.20. The van der Waals surface area contributed by atoms with E-state index in [0.29, 0.717) is 22.4 Å². The first-order valence-corrected chi connectivity index (χ1v) is 9.75.